The summed E-state index contributed by atoms with van der Waals surface area (Å²) in [5.41, 5.74) is 1.59. The van der Waals surface area contributed by atoms with Crippen molar-refractivity contribution in [2.24, 2.45) is 5.92 Å². The zero-order chi connectivity index (χ0) is 24.1. The molecule has 0 saturated carbocycles. The van der Waals surface area contributed by atoms with Crippen LogP contribution in [0.25, 0.3) is 10.8 Å². The summed E-state index contributed by atoms with van der Waals surface area (Å²) >= 11 is 0. The van der Waals surface area contributed by atoms with Crippen LogP contribution < -0.4 is 9.96 Å². The smallest absolute Gasteiger partial charge is 0.271 e. The van der Waals surface area contributed by atoms with Gasteiger partial charge in [-0.2, -0.15) is 0 Å². The molecule has 3 atom stereocenters. The van der Waals surface area contributed by atoms with Gasteiger partial charge in [0.15, 0.2) is 6.10 Å². The molecule has 8 heteroatoms. The molecule has 2 amide bonds. The van der Waals surface area contributed by atoms with Gasteiger partial charge in [-0.3, -0.25) is 24.5 Å². The number of benzene rings is 4. The zero-order valence-electron chi connectivity index (χ0n) is 18.4. The number of rotatable bonds is 4. The Hall–Kier alpha value is -4.56. The maximum Gasteiger partial charge on any atom is 0.271 e. The topological polar surface area (TPSA) is 93.0 Å². The average Bonchev–Trinajstić information content (AvgIpc) is 3.40. The SMILES string of the molecule is O=C1[C@@H]2[C@@H](c3ccccc3)N(c3cccc([N+](=O)[O-])c3)O[C@H]2C(=O)N1c1cccc2ccccc12. The number of fused-ring (bicyclic) bond motifs is 2. The molecule has 172 valence electrons. The van der Waals surface area contributed by atoms with E-state index in [1.165, 1.54) is 22.1 Å². The summed E-state index contributed by atoms with van der Waals surface area (Å²) in [5.74, 6) is -1.63. The molecule has 2 aliphatic heterocycles. The molecule has 0 unspecified atom stereocenters. The molecule has 2 saturated heterocycles. The Balaban J connectivity index is 1.46. The van der Waals surface area contributed by atoms with E-state index in [4.69, 9.17) is 4.84 Å². The van der Waals surface area contributed by atoms with Gasteiger partial charge in [0.25, 0.3) is 11.6 Å². The Kier molecular flexibility index (Phi) is 4.82. The van der Waals surface area contributed by atoms with E-state index in [0.717, 1.165) is 16.3 Å². The third kappa shape index (κ3) is 3.26. The van der Waals surface area contributed by atoms with Crippen molar-refractivity contribution in [1.29, 1.82) is 0 Å². The highest BCUT2D eigenvalue weighted by Crippen LogP contribution is 2.48. The minimum atomic E-state index is -1.05. The van der Waals surface area contributed by atoms with Crippen molar-refractivity contribution < 1.29 is 19.3 Å². The number of hydrogen-bond acceptors (Lipinski definition) is 6. The Morgan fingerprint density at radius 3 is 2.31 bits per heavy atom. The van der Waals surface area contributed by atoms with Crippen LogP contribution >= 0.6 is 0 Å². The van der Waals surface area contributed by atoms with Crippen LogP contribution in [0.2, 0.25) is 0 Å². The monoisotopic (exact) mass is 465 g/mol. The molecular formula is C27H19N3O5. The van der Waals surface area contributed by atoms with E-state index in [1.54, 1.807) is 18.2 Å². The molecule has 8 nitrogen and oxygen atoms in total. The molecular weight excluding hydrogens is 446 g/mol. The highest BCUT2D eigenvalue weighted by Gasteiger charge is 2.60. The minimum absolute atomic E-state index is 0.106. The highest BCUT2D eigenvalue weighted by atomic mass is 16.7. The number of carbonyl (C=O) groups is 2. The van der Waals surface area contributed by atoms with Crippen molar-refractivity contribution in [2.75, 3.05) is 9.96 Å². The molecule has 0 aliphatic carbocycles. The second kappa shape index (κ2) is 8.03. The first-order valence-electron chi connectivity index (χ1n) is 11.2. The largest absolute Gasteiger partial charge is 0.273 e. The third-order valence-corrected chi connectivity index (χ3v) is 6.56. The predicted molar refractivity (Wildman–Crippen MR) is 130 cm³/mol. The van der Waals surface area contributed by atoms with Crippen LogP contribution in [0.1, 0.15) is 11.6 Å². The van der Waals surface area contributed by atoms with Crippen molar-refractivity contribution in [2.45, 2.75) is 12.1 Å². The summed E-state index contributed by atoms with van der Waals surface area (Å²) in [6.45, 7) is 0. The third-order valence-electron chi connectivity index (χ3n) is 6.56. The Labute approximate surface area is 200 Å². The van der Waals surface area contributed by atoms with E-state index in [1.807, 2.05) is 66.7 Å². The van der Waals surface area contributed by atoms with E-state index in [-0.39, 0.29) is 11.6 Å². The van der Waals surface area contributed by atoms with Crippen molar-refractivity contribution in [3.63, 3.8) is 0 Å². The summed E-state index contributed by atoms with van der Waals surface area (Å²) in [7, 11) is 0. The molecule has 6 rings (SSSR count). The number of carbonyl (C=O) groups excluding carboxylic acids is 2. The van der Waals surface area contributed by atoms with Gasteiger partial charge in [0, 0.05) is 17.5 Å². The average molecular weight is 465 g/mol. The first-order chi connectivity index (χ1) is 17.0. The molecule has 35 heavy (non-hydrogen) atoms. The molecule has 0 N–H and O–H groups in total. The normalized spacial score (nSPS) is 21.5. The zero-order valence-corrected chi connectivity index (χ0v) is 18.4. The number of hydrogen-bond donors (Lipinski definition) is 0. The van der Waals surface area contributed by atoms with Crippen molar-refractivity contribution in [3.05, 3.63) is 113 Å². The number of hydroxylamine groups is 1. The lowest BCUT2D eigenvalue weighted by atomic mass is 9.90. The van der Waals surface area contributed by atoms with E-state index in [2.05, 4.69) is 0 Å². The first-order valence-corrected chi connectivity index (χ1v) is 11.2. The Morgan fingerprint density at radius 2 is 1.51 bits per heavy atom. The quantitative estimate of drug-likeness (QED) is 0.244. The van der Waals surface area contributed by atoms with E-state index in [0.29, 0.717) is 11.4 Å². The summed E-state index contributed by atoms with van der Waals surface area (Å²) in [6.07, 6.45) is -1.05. The molecule has 2 aliphatic rings. The molecule has 4 aromatic rings. The van der Waals surface area contributed by atoms with E-state index in [9.17, 15) is 19.7 Å². The standard InChI is InChI=1S/C27H19N3O5/c31-26-23-24(18-9-2-1-3-10-18)29(19-12-7-13-20(16-19)30(33)34)35-25(23)27(32)28(26)22-15-6-11-17-8-4-5-14-21(17)22/h1-16,23-25H/t23-,24-,25-/m1/s1. The Bertz CT molecular complexity index is 1480. The van der Waals surface area contributed by atoms with Gasteiger partial charge in [0.2, 0.25) is 5.91 Å². The lowest BCUT2D eigenvalue weighted by molar-refractivity contribution is -0.384. The first kappa shape index (κ1) is 21.0. The number of imide groups is 1. The summed E-state index contributed by atoms with van der Waals surface area (Å²) in [4.78, 5) is 45.7. The second-order valence-corrected chi connectivity index (χ2v) is 8.52. The Morgan fingerprint density at radius 1 is 0.800 bits per heavy atom. The number of anilines is 2. The van der Waals surface area contributed by atoms with Crippen molar-refractivity contribution >= 4 is 39.6 Å². The van der Waals surface area contributed by atoms with Crippen LogP contribution in [-0.2, 0) is 14.4 Å². The lowest BCUT2D eigenvalue weighted by Gasteiger charge is -2.28. The summed E-state index contributed by atoms with van der Waals surface area (Å²) < 4.78 is 0. The molecule has 4 aromatic carbocycles. The fourth-order valence-electron chi connectivity index (χ4n) is 5.01. The second-order valence-electron chi connectivity index (χ2n) is 8.52. The van der Waals surface area contributed by atoms with Crippen LogP contribution in [0.5, 0.6) is 0 Å². The highest BCUT2D eigenvalue weighted by molar-refractivity contribution is 6.26. The van der Waals surface area contributed by atoms with Gasteiger partial charge in [0.05, 0.1) is 22.3 Å². The van der Waals surface area contributed by atoms with Crippen molar-refractivity contribution in [1.82, 2.24) is 0 Å². The molecule has 2 heterocycles. The number of nitro groups is 1. The van der Waals surface area contributed by atoms with Gasteiger partial charge in [-0.05, 0) is 23.1 Å². The van der Waals surface area contributed by atoms with Gasteiger partial charge in [0.1, 0.15) is 5.92 Å². The van der Waals surface area contributed by atoms with Crippen LogP contribution in [0.3, 0.4) is 0 Å². The summed E-state index contributed by atoms with van der Waals surface area (Å²) in [6, 6.07) is 27.7. The lowest BCUT2D eigenvalue weighted by Crippen LogP contribution is -2.37. The number of non-ortho nitro benzene ring substituents is 1. The number of nitrogens with zero attached hydrogens (tertiary/aromatic N) is 3. The van der Waals surface area contributed by atoms with Gasteiger partial charge >= 0.3 is 0 Å². The maximum absolute atomic E-state index is 13.9. The predicted octanol–water partition coefficient (Wildman–Crippen LogP) is 4.80. The molecule has 0 spiro atoms. The van der Waals surface area contributed by atoms with E-state index < -0.39 is 28.9 Å². The van der Waals surface area contributed by atoms with Crippen LogP contribution in [0.4, 0.5) is 17.1 Å². The minimum Gasteiger partial charge on any atom is -0.273 e. The van der Waals surface area contributed by atoms with Gasteiger partial charge < -0.3 is 0 Å². The number of amides is 2. The van der Waals surface area contributed by atoms with Gasteiger partial charge in [-0.25, -0.2) is 9.96 Å². The number of nitro benzene ring substituents is 1. The summed E-state index contributed by atoms with van der Waals surface area (Å²) in [5, 5.41) is 14.5. The van der Waals surface area contributed by atoms with Gasteiger partial charge in [-0.15, -0.1) is 0 Å². The molecule has 0 aromatic heterocycles. The molecule has 0 radical (unpaired) electrons. The van der Waals surface area contributed by atoms with E-state index >= 15 is 0 Å². The fourth-order valence-corrected chi connectivity index (χ4v) is 5.01. The van der Waals surface area contributed by atoms with Crippen LogP contribution in [0.15, 0.2) is 97.1 Å². The molecule has 0 bridgehead atoms. The van der Waals surface area contributed by atoms with Crippen molar-refractivity contribution in [3.8, 4) is 0 Å². The van der Waals surface area contributed by atoms with Crippen LogP contribution in [-0.4, -0.2) is 22.8 Å². The molecule has 2 fully saturated rings. The van der Waals surface area contributed by atoms with Crippen LogP contribution in [0, 0.1) is 16.0 Å². The fraction of sp³-hybridized carbons (Fsp3) is 0.111. The maximum atomic E-state index is 13.9. The van der Waals surface area contributed by atoms with Gasteiger partial charge in [-0.1, -0.05) is 72.8 Å².